The fourth-order valence-electron chi connectivity index (χ4n) is 1.85. The lowest BCUT2D eigenvalue weighted by Crippen LogP contribution is -2.45. The number of carbonyl (C=O) groups is 2. The Hall–Kier alpha value is -1.26. The Bertz CT molecular complexity index is 289. The smallest absolute Gasteiger partial charge is 0.320 e. The highest BCUT2D eigenvalue weighted by Gasteiger charge is 2.33. The molecule has 0 spiro atoms. The molecule has 0 saturated heterocycles. The highest BCUT2D eigenvalue weighted by molar-refractivity contribution is 5.76. The van der Waals surface area contributed by atoms with Crippen molar-refractivity contribution in [3.63, 3.8) is 0 Å². The van der Waals surface area contributed by atoms with Crippen molar-refractivity contribution < 1.29 is 14.7 Å². The van der Waals surface area contributed by atoms with E-state index in [0.29, 0.717) is 6.04 Å². The highest BCUT2D eigenvalue weighted by Crippen LogP contribution is 2.27. The van der Waals surface area contributed by atoms with Crippen molar-refractivity contribution in [1.82, 2.24) is 9.80 Å². The SMILES string of the molecule is CCCN(C(=O)N(C)CC(C)C(=O)O)C1CC1. The van der Waals surface area contributed by atoms with Crippen molar-refractivity contribution in [2.24, 2.45) is 5.92 Å². The van der Waals surface area contributed by atoms with E-state index in [1.54, 1.807) is 14.0 Å². The molecule has 0 radical (unpaired) electrons. The molecular formula is C12H22N2O3. The molecule has 1 atom stereocenters. The third kappa shape index (κ3) is 3.91. The van der Waals surface area contributed by atoms with Gasteiger partial charge in [-0.3, -0.25) is 4.79 Å². The largest absolute Gasteiger partial charge is 0.481 e. The summed E-state index contributed by atoms with van der Waals surface area (Å²) in [5.41, 5.74) is 0. The summed E-state index contributed by atoms with van der Waals surface area (Å²) in [7, 11) is 1.67. The molecule has 5 heteroatoms. The van der Waals surface area contributed by atoms with Crippen LogP contribution in [0, 0.1) is 5.92 Å². The van der Waals surface area contributed by atoms with E-state index in [1.165, 1.54) is 4.90 Å². The molecule has 1 saturated carbocycles. The fourth-order valence-corrected chi connectivity index (χ4v) is 1.85. The van der Waals surface area contributed by atoms with Crippen LogP contribution in [0.1, 0.15) is 33.1 Å². The lowest BCUT2D eigenvalue weighted by molar-refractivity contribution is -0.141. The zero-order chi connectivity index (χ0) is 13.0. The number of rotatable bonds is 6. The van der Waals surface area contributed by atoms with E-state index in [-0.39, 0.29) is 12.6 Å². The minimum Gasteiger partial charge on any atom is -0.481 e. The molecule has 5 nitrogen and oxygen atoms in total. The predicted octanol–water partition coefficient (Wildman–Crippen LogP) is 1.63. The van der Waals surface area contributed by atoms with Crippen LogP contribution in [-0.2, 0) is 4.79 Å². The van der Waals surface area contributed by atoms with Crippen LogP contribution in [0.3, 0.4) is 0 Å². The van der Waals surface area contributed by atoms with Crippen LogP contribution < -0.4 is 0 Å². The molecule has 0 aliphatic heterocycles. The minimum absolute atomic E-state index is 0.0394. The van der Waals surface area contributed by atoms with Gasteiger partial charge < -0.3 is 14.9 Å². The first kappa shape index (κ1) is 13.8. The topological polar surface area (TPSA) is 60.9 Å². The van der Waals surface area contributed by atoms with E-state index in [4.69, 9.17) is 5.11 Å². The molecule has 2 amide bonds. The van der Waals surface area contributed by atoms with Gasteiger partial charge in [0.25, 0.3) is 0 Å². The summed E-state index contributed by atoms with van der Waals surface area (Å²) >= 11 is 0. The zero-order valence-corrected chi connectivity index (χ0v) is 10.8. The monoisotopic (exact) mass is 242 g/mol. The second-order valence-corrected chi connectivity index (χ2v) is 4.83. The third-order valence-electron chi connectivity index (χ3n) is 2.99. The number of amides is 2. The molecule has 0 aromatic carbocycles. The third-order valence-corrected chi connectivity index (χ3v) is 2.99. The van der Waals surface area contributed by atoms with Gasteiger partial charge in [0.15, 0.2) is 0 Å². The zero-order valence-electron chi connectivity index (χ0n) is 10.8. The van der Waals surface area contributed by atoms with E-state index in [0.717, 1.165) is 25.8 Å². The van der Waals surface area contributed by atoms with Crippen molar-refractivity contribution in [1.29, 1.82) is 0 Å². The lowest BCUT2D eigenvalue weighted by atomic mass is 10.2. The molecule has 0 aromatic rings. The first-order valence-corrected chi connectivity index (χ1v) is 6.21. The predicted molar refractivity (Wildman–Crippen MR) is 64.8 cm³/mol. The van der Waals surface area contributed by atoms with Gasteiger partial charge in [0, 0.05) is 26.2 Å². The van der Waals surface area contributed by atoms with Crippen molar-refractivity contribution in [3.05, 3.63) is 0 Å². The first-order chi connectivity index (χ1) is 7.97. The highest BCUT2D eigenvalue weighted by atomic mass is 16.4. The van der Waals surface area contributed by atoms with E-state index in [2.05, 4.69) is 0 Å². The number of urea groups is 1. The van der Waals surface area contributed by atoms with E-state index >= 15 is 0 Å². The molecule has 1 fully saturated rings. The first-order valence-electron chi connectivity index (χ1n) is 6.21. The molecule has 1 rings (SSSR count). The van der Waals surface area contributed by atoms with Crippen molar-refractivity contribution in [2.45, 2.75) is 39.2 Å². The summed E-state index contributed by atoms with van der Waals surface area (Å²) in [6.45, 7) is 4.69. The summed E-state index contributed by atoms with van der Waals surface area (Å²) in [5, 5.41) is 8.82. The lowest BCUT2D eigenvalue weighted by Gasteiger charge is -2.28. The molecular weight excluding hydrogens is 220 g/mol. The maximum atomic E-state index is 12.1. The van der Waals surface area contributed by atoms with Crippen LogP contribution >= 0.6 is 0 Å². The van der Waals surface area contributed by atoms with Gasteiger partial charge in [0.05, 0.1) is 5.92 Å². The number of carboxylic acids is 1. The summed E-state index contributed by atoms with van der Waals surface area (Å²) in [6, 6.07) is 0.340. The summed E-state index contributed by atoms with van der Waals surface area (Å²) in [5.74, 6) is -1.38. The van der Waals surface area contributed by atoms with Crippen molar-refractivity contribution in [3.8, 4) is 0 Å². The molecule has 1 N–H and O–H groups in total. The van der Waals surface area contributed by atoms with Crippen LogP contribution in [-0.4, -0.2) is 53.1 Å². The van der Waals surface area contributed by atoms with Crippen molar-refractivity contribution >= 4 is 12.0 Å². The Labute approximate surface area is 102 Å². The maximum Gasteiger partial charge on any atom is 0.320 e. The number of aliphatic carboxylic acids is 1. The standard InChI is InChI=1S/C12H22N2O3/c1-4-7-14(10-5-6-10)12(17)13(3)8-9(2)11(15)16/h9-10H,4-8H2,1-3H3,(H,15,16). The Morgan fingerprint density at radius 3 is 2.41 bits per heavy atom. The van der Waals surface area contributed by atoms with E-state index < -0.39 is 11.9 Å². The van der Waals surface area contributed by atoms with E-state index in [9.17, 15) is 9.59 Å². The molecule has 17 heavy (non-hydrogen) atoms. The summed E-state index contributed by atoms with van der Waals surface area (Å²) < 4.78 is 0. The van der Waals surface area contributed by atoms with Gasteiger partial charge in [-0.2, -0.15) is 0 Å². The Morgan fingerprint density at radius 2 is 2.00 bits per heavy atom. The van der Waals surface area contributed by atoms with Crippen LogP contribution in [0.4, 0.5) is 4.79 Å². The maximum absolute atomic E-state index is 12.1. The molecule has 1 unspecified atom stereocenters. The van der Waals surface area contributed by atoms with Crippen LogP contribution in [0.5, 0.6) is 0 Å². The average Bonchev–Trinajstić information content (AvgIpc) is 3.08. The molecule has 0 heterocycles. The van der Waals surface area contributed by atoms with Gasteiger partial charge in [0.1, 0.15) is 0 Å². The number of hydrogen-bond acceptors (Lipinski definition) is 2. The van der Waals surface area contributed by atoms with Gasteiger partial charge in [-0.1, -0.05) is 13.8 Å². The van der Waals surface area contributed by atoms with Gasteiger partial charge in [0.2, 0.25) is 0 Å². The second kappa shape index (κ2) is 5.89. The van der Waals surface area contributed by atoms with Gasteiger partial charge >= 0.3 is 12.0 Å². The number of hydrogen-bond donors (Lipinski definition) is 1. The fraction of sp³-hybridized carbons (Fsp3) is 0.833. The van der Waals surface area contributed by atoms with Crippen LogP contribution in [0.15, 0.2) is 0 Å². The number of nitrogens with zero attached hydrogens (tertiary/aromatic N) is 2. The second-order valence-electron chi connectivity index (χ2n) is 4.83. The Balaban J connectivity index is 2.51. The van der Waals surface area contributed by atoms with E-state index in [1.807, 2.05) is 11.8 Å². The van der Waals surface area contributed by atoms with Crippen LogP contribution in [0.25, 0.3) is 0 Å². The normalized spacial score (nSPS) is 16.4. The van der Waals surface area contributed by atoms with Gasteiger partial charge in [-0.15, -0.1) is 0 Å². The number of carboxylic acid groups (broad SMARTS) is 1. The van der Waals surface area contributed by atoms with Crippen molar-refractivity contribution in [2.75, 3.05) is 20.1 Å². The molecule has 1 aliphatic rings. The number of carbonyl (C=O) groups excluding carboxylic acids is 1. The molecule has 0 bridgehead atoms. The van der Waals surface area contributed by atoms with Gasteiger partial charge in [-0.25, -0.2) is 4.79 Å². The molecule has 0 aromatic heterocycles. The Kier molecular flexibility index (Phi) is 4.78. The summed E-state index contributed by atoms with van der Waals surface area (Å²) in [6.07, 6.45) is 3.09. The minimum atomic E-state index is -0.863. The van der Waals surface area contributed by atoms with Crippen LogP contribution in [0.2, 0.25) is 0 Å². The Morgan fingerprint density at radius 1 is 1.41 bits per heavy atom. The summed E-state index contributed by atoms with van der Waals surface area (Å²) in [4.78, 5) is 26.3. The van der Waals surface area contributed by atoms with Gasteiger partial charge in [-0.05, 0) is 19.3 Å². The average molecular weight is 242 g/mol. The molecule has 98 valence electrons. The quantitative estimate of drug-likeness (QED) is 0.770. The molecule has 1 aliphatic carbocycles.